The van der Waals surface area contributed by atoms with E-state index in [1.165, 1.54) is 12.0 Å². The van der Waals surface area contributed by atoms with Crippen LogP contribution in [-0.2, 0) is 10.8 Å². The van der Waals surface area contributed by atoms with Crippen molar-refractivity contribution in [1.82, 2.24) is 9.97 Å². The Bertz CT molecular complexity index is 995. The highest BCUT2D eigenvalue weighted by Gasteiger charge is 2.49. The summed E-state index contributed by atoms with van der Waals surface area (Å²) in [6.07, 6.45) is 8.07. The average Bonchev–Trinajstić information content (AvgIpc) is 3.04. The Morgan fingerprint density at radius 3 is 2.53 bits per heavy atom. The molecule has 3 aliphatic heterocycles. The number of piperidine rings is 1. The Kier molecular flexibility index (Phi) is 4.38. The molecule has 4 fully saturated rings. The van der Waals surface area contributed by atoms with Crippen molar-refractivity contribution in [2.45, 2.75) is 67.0 Å². The van der Waals surface area contributed by atoms with Crippen molar-refractivity contribution in [1.29, 1.82) is 0 Å². The topological polar surface area (TPSA) is 69.6 Å². The maximum absolute atomic E-state index is 12.6. The molecular formula is C22H25ClN4O2S. The van der Waals surface area contributed by atoms with Gasteiger partial charge in [-0.2, -0.15) is 4.98 Å². The second kappa shape index (κ2) is 6.90. The molecule has 2 saturated carbocycles. The summed E-state index contributed by atoms with van der Waals surface area (Å²) in [6.45, 7) is 0.0840. The van der Waals surface area contributed by atoms with Crippen molar-refractivity contribution in [3.8, 4) is 0 Å². The molecule has 4 heterocycles. The molecule has 1 aromatic heterocycles. The molecule has 2 aliphatic carbocycles. The number of anilines is 2. The smallest absolute Gasteiger partial charge is 0.227 e. The van der Waals surface area contributed by atoms with Crippen LogP contribution < -0.4 is 9.80 Å². The number of aliphatic hydroxyl groups excluding tert-OH is 1. The van der Waals surface area contributed by atoms with E-state index < -0.39 is 10.8 Å². The summed E-state index contributed by atoms with van der Waals surface area (Å²) in [5.41, 5.74) is 1.07. The van der Waals surface area contributed by atoms with Crippen molar-refractivity contribution in [3.63, 3.8) is 0 Å². The van der Waals surface area contributed by atoms with Crippen LogP contribution in [0.1, 0.15) is 50.0 Å². The van der Waals surface area contributed by atoms with E-state index in [9.17, 15) is 9.32 Å². The number of rotatable bonds is 4. The van der Waals surface area contributed by atoms with E-state index in [1.54, 1.807) is 6.20 Å². The van der Waals surface area contributed by atoms with Gasteiger partial charge in [-0.15, -0.1) is 0 Å². The van der Waals surface area contributed by atoms with Gasteiger partial charge in [0.05, 0.1) is 29.1 Å². The molecule has 8 heteroatoms. The van der Waals surface area contributed by atoms with Crippen LogP contribution in [0.5, 0.6) is 0 Å². The number of halogens is 1. The van der Waals surface area contributed by atoms with Crippen LogP contribution in [0.15, 0.2) is 35.4 Å². The van der Waals surface area contributed by atoms with Crippen molar-refractivity contribution in [2.24, 2.45) is 0 Å². The molecule has 6 nitrogen and oxygen atoms in total. The summed E-state index contributed by atoms with van der Waals surface area (Å²) in [6, 6.07) is 9.13. The third kappa shape index (κ3) is 2.75. The molecule has 1 aromatic carbocycles. The number of fused-ring (bicyclic) bond motifs is 3. The van der Waals surface area contributed by atoms with E-state index in [-0.39, 0.29) is 12.1 Å². The molecule has 30 heavy (non-hydrogen) atoms. The van der Waals surface area contributed by atoms with Crippen molar-refractivity contribution in [2.75, 3.05) is 22.3 Å². The van der Waals surface area contributed by atoms with Crippen molar-refractivity contribution in [3.05, 3.63) is 41.0 Å². The average molecular weight is 445 g/mol. The van der Waals surface area contributed by atoms with Gasteiger partial charge in [0.1, 0.15) is 10.8 Å². The number of benzene rings is 1. The second-order valence-corrected chi connectivity index (χ2v) is 11.0. The summed E-state index contributed by atoms with van der Waals surface area (Å²) < 4.78 is 12.6. The summed E-state index contributed by atoms with van der Waals surface area (Å²) >= 11 is 6.05. The minimum absolute atomic E-state index is 0.0840. The zero-order valence-electron chi connectivity index (χ0n) is 16.7. The molecule has 5 aliphatic rings. The van der Waals surface area contributed by atoms with E-state index in [4.69, 9.17) is 16.6 Å². The fourth-order valence-corrected chi connectivity index (χ4v) is 7.17. The Morgan fingerprint density at radius 1 is 1.17 bits per heavy atom. The monoisotopic (exact) mass is 444 g/mol. The molecule has 3 unspecified atom stereocenters. The van der Waals surface area contributed by atoms with Gasteiger partial charge in [-0.25, -0.2) is 4.98 Å². The molecule has 3 atom stereocenters. The van der Waals surface area contributed by atoms with Gasteiger partial charge in [0.15, 0.2) is 5.82 Å². The lowest BCUT2D eigenvalue weighted by Crippen LogP contribution is -2.61. The predicted molar refractivity (Wildman–Crippen MR) is 118 cm³/mol. The molecule has 2 aromatic rings. The first kappa shape index (κ1) is 19.0. The molecule has 2 saturated heterocycles. The molecule has 0 radical (unpaired) electrons. The molecule has 1 N–H and O–H groups in total. The number of nitrogens with zero attached hydrogens (tertiary/aromatic N) is 4. The van der Waals surface area contributed by atoms with Crippen LogP contribution in [0.4, 0.5) is 11.8 Å². The first-order valence-corrected chi connectivity index (χ1v) is 12.5. The lowest BCUT2D eigenvalue weighted by molar-refractivity contribution is 0.119. The van der Waals surface area contributed by atoms with Gasteiger partial charge in [-0.3, -0.25) is 4.21 Å². The quantitative estimate of drug-likeness (QED) is 0.778. The first-order chi connectivity index (χ1) is 14.6. The van der Waals surface area contributed by atoms with Gasteiger partial charge in [-0.1, -0.05) is 23.7 Å². The third-order valence-corrected chi connectivity index (χ3v) is 9.16. The van der Waals surface area contributed by atoms with Gasteiger partial charge >= 0.3 is 0 Å². The van der Waals surface area contributed by atoms with Gasteiger partial charge in [0, 0.05) is 17.1 Å². The maximum Gasteiger partial charge on any atom is 0.227 e. The van der Waals surface area contributed by atoms with Crippen LogP contribution >= 0.6 is 11.6 Å². The Morgan fingerprint density at radius 2 is 1.90 bits per heavy atom. The summed E-state index contributed by atoms with van der Waals surface area (Å²) in [5.74, 6) is 2.49. The molecule has 7 rings (SSSR count). The molecule has 0 spiro atoms. The lowest BCUT2D eigenvalue weighted by atomic mass is 9.71. The van der Waals surface area contributed by atoms with Crippen molar-refractivity contribution >= 4 is 34.2 Å². The maximum atomic E-state index is 12.6. The second-order valence-electron chi connectivity index (χ2n) is 9.17. The van der Waals surface area contributed by atoms with Crippen LogP contribution in [-0.4, -0.2) is 49.4 Å². The zero-order chi connectivity index (χ0) is 20.5. The van der Waals surface area contributed by atoms with Crippen LogP contribution in [0.25, 0.3) is 0 Å². The lowest BCUT2D eigenvalue weighted by Gasteiger charge is -2.55. The van der Waals surface area contributed by atoms with E-state index in [0.29, 0.717) is 28.8 Å². The third-order valence-electron chi connectivity index (χ3n) is 7.64. The zero-order valence-corrected chi connectivity index (χ0v) is 18.3. The Balaban J connectivity index is 1.26. The largest absolute Gasteiger partial charge is 0.394 e. The number of hydrogen-bond acceptors (Lipinski definition) is 6. The molecular weight excluding hydrogens is 420 g/mol. The van der Waals surface area contributed by atoms with Crippen LogP contribution in [0, 0.1) is 0 Å². The summed E-state index contributed by atoms with van der Waals surface area (Å²) in [7, 11) is -1.13. The normalized spacial score (nSPS) is 31.1. The minimum atomic E-state index is -1.13. The Labute approximate surface area is 183 Å². The van der Waals surface area contributed by atoms with E-state index >= 15 is 0 Å². The highest BCUT2D eigenvalue weighted by atomic mass is 35.5. The number of hydrogen-bond donors (Lipinski definition) is 1. The highest BCUT2D eigenvalue weighted by molar-refractivity contribution is 7.85. The number of aromatic nitrogens is 2. The van der Waals surface area contributed by atoms with Crippen molar-refractivity contribution < 1.29 is 9.32 Å². The molecule has 158 valence electrons. The van der Waals surface area contributed by atoms with Gasteiger partial charge in [-0.05, 0) is 62.1 Å². The van der Waals surface area contributed by atoms with Gasteiger partial charge in [0.25, 0.3) is 0 Å². The molecule has 2 bridgehead atoms. The predicted octanol–water partition coefficient (Wildman–Crippen LogP) is 3.46. The van der Waals surface area contributed by atoms with Gasteiger partial charge in [0.2, 0.25) is 5.95 Å². The standard InChI is InChI=1S/C22H25ClN4O2S/c23-16-4-2-14(3-5-16)15-8-17-10-18(9-15)27(17)21-24-11-19-20(25-21)26(13-30(19)29)22(12-28)6-1-7-22/h2-5,11,15,17-18,28H,1,6-10,12-13H2. The summed E-state index contributed by atoms with van der Waals surface area (Å²) in [4.78, 5) is 14.7. The van der Waals surface area contributed by atoms with E-state index in [2.05, 4.69) is 26.9 Å². The fourth-order valence-electron chi connectivity index (χ4n) is 5.75. The Hall–Kier alpha value is -1.70. The van der Waals surface area contributed by atoms with E-state index in [0.717, 1.165) is 48.9 Å². The van der Waals surface area contributed by atoms with Gasteiger partial charge < -0.3 is 14.9 Å². The number of aliphatic hydroxyl groups is 1. The molecule has 0 amide bonds. The SMILES string of the molecule is O=S1CN(C2(CO)CCC2)c2nc(N3C4CC(c5ccc(Cl)cc5)CC3C4)ncc21. The highest BCUT2D eigenvalue weighted by Crippen LogP contribution is 2.49. The first-order valence-electron chi connectivity index (χ1n) is 10.8. The van der Waals surface area contributed by atoms with E-state index in [1.807, 2.05) is 12.1 Å². The fraction of sp³-hybridized carbons (Fsp3) is 0.545. The minimum Gasteiger partial charge on any atom is -0.394 e. The van der Waals surface area contributed by atoms with Crippen LogP contribution in [0.2, 0.25) is 5.02 Å². The van der Waals surface area contributed by atoms with Crippen LogP contribution in [0.3, 0.4) is 0 Å². The summed E-state index contributed by atoms with van der Waals surface area (Å²) in [5, 5.41) is 10.8.